The van der Waals surface area contributed by atoms with Crippen LogP contribution < -0.4 is 5.32 Å². The Hall–Kier alpha value is -3.62. The molecule has 1 aliphatic heterocycles. The first-order valence-electron chi connectivity index (χ1n) is 6.39. The number of carbonyl (C=O) groups is 1. The summed E-state index contributed by atoms with van der Waals surface area (Å²) in [4.78, 5) is 36.7. The average Bonchev–Trinajstić information content (AvgIpc) is 2.83. The summed E-state index contributed by atoms with van der Waals surface area (Å²) < 4.78 is 0. The molecule has 23 heavy (non-hydrogen) atoms. The fourth-order valence-electron chi connectivity index (χ4n) is 2.20. The van der Waals surface area contributed by atoms with Crippen molar-refractivity contribution < 1.29 is 14.6 Å². The van der Waals surface area contributed by atoms with Crippen LogP contribution in [0.1, 0.15) is 5.56 Å². The van der Waals surface area contributed by atoms with E-state index >= 15 is 0 Å². The van der Waals surface area contributed by atoms with Crippen LogP contribution in [0.4, 0.5) is 22.7 Å². The lowest BCUT2D eigenvalue weighted by molar-refractivity contribution is -0.384. The summed E-state index contributed by atoms with van der Waals surface area (Å²) in [6, 6.07) is 9.55. The number of non-ortho nitro benzene ring substituents is 1. The molecule has 0 saturated heterocycles. The van der Waals surface area contributed by atoms with Crippen molar-refractivity contribution in [3.8, 4) is 0 Å². The molecule has 1 amide bonds. The maximum absolute atomic E-state index is 12.0. The van der Waals surface area contributed by atoms with Gasteiger partial charge in [-0.3, -0.25) is 25.0 Å². The first kappa shape index (κ1) is 14.3. The molecule has 2 aromatic carbocycles. The minimum atomic E-state index is -0.611. The molecule has 0 aliphatic carbocycles. The van der Waals surface area contributed by atoms with Crippen LogP contribution in [0.5, 0.6) is 0 Å². The highest BCUT2D eigenvalue weighted by atomic mass is 16.6. The third-order valence-corrected chi connectivity index (χ3v) is 3.24. The highest BCUT2D eigenvalue weighted by Crippen LogP contribution is 2.32. The van der Waals surface area contributed by atoms with Gasteiger partial charge in [0, 0.05) is 23.8 Å². The first-order valence-corrected chi connectivity index (χ1v) is 6.39. The minimum Gasteiger partial charge on any atom is -0.320 e. The van der Waals surface area contributed by atoms with Crippen molar-refractivity contribution in [1.82, 2.24) is 0 Å². The standard InChI is InChI=1S/C14H8N4O5/c19-14-13(15-11-3-1-2-4-12(11)18(22)23)9-7-8(17(20)21)5-6-10(9)16-14/h1-7H,(H,15,16,19). The number of hydrogen-bond donors (Lipinski definition) is 1. The van der Waals surface area contributed by atoms with E-state index in [1.165, 1.54) is 36.4 Å². The molecular formula is C14H8N4O5. The third-order valence-electron chi connectivity index (χ3n) is 3.24. The van der Waals surface area contributed by atoms with Gasteiger partial charge in [-0.2, -0.15) is 0 Å². The number of para-hydroxylation sites is 2. The smallest absolute Gasteiger partial charge is 0.294 e. The van der Waals surface area contributed by atoms with Crippen LogP contribution in [0.15, 0.2) is 47.5 Å². The normalized spacial score (nSPS) is 14.4. The quantitative estimate of drug-likeness (QED) is 0.688. The number of carbonyl (C=O) groups excluding carboxylic acids is 1. The molecule has 9 heteroatoms. The highest BCUT2D eigenvalue weighted by Gasteiger charge is 2.29. The second-order valence-corrected chi connectivity index (χ2v) is 4.65. The van der Waals surface area contributed by atoms with Crippen LogP contribution in [0.2, 0.25) is 0 Å². The molecule has 0 fully saturated rings. The van der Waals surface area contributed by atoms with Crippen molar-refractivity contribution in [2.45, 2.75) is 0 Å². The van der Waals surface area contributed by atoms with Crippen molar-refractivity contribution >= 4 is 34.4 Å². The topological polar surface area (TPSA) is 128 Å². The third kappa shape index (κ3) is 2.50. The SMILES string of the molecule is O=C1Nc2ccc([N+](=O)[O-])cc2C1=Nc1ccccc1[N+](=O)[O-]. The number of nitrogens with one attached hydrogen (secondary N) is 1. The van der Waals surface area contributed by atoms with Gasteiger partial charge in [-0.1, -0.05) is 12.1 Å². The number of hydrogen-bond acceptors (Lipinski definition) is 6. The van der Waals surface area contributed by atoms with Crippen LogP contribution in [-0.4, -0.2) is 21.5 Å². The van der Waals surface area contributed by atoms with E-state index in [4.69, 9.17) is 0 Å². The molecular weight excluding hydrogens is 304 g/mol. The maximum atomic E-state index is 12.0. The Kier molecular flexibility index (Phi) is 3.30. The Balaban J connectivity index is 2.16. The molecule has 114 valence electrons. The zero-order valence-corrected chi connectivity index (χ0v) is 11.4. The number of nitro groups is 2. The summed E-state index contributed by atoms with van der Waals surface area (Å²) in [6.07, 6.45) is 0. The molecule has 0 unspecified atom stereocenters. The molecule has 0 atom stereocenters. The van der Waals surface area contributed by atoms with Gasteiger partial charge in [0.15, 0.2) is 0 Å². The number of nitro benzene ring substituents is 2. The average molecular weight is 312 g/mol. The lowest BCUT2D eigenvalue weighted by Gasteiger charge is -2.00. The molecule has 1 N–H and O–H groups in total. The molecule has 0 saturated carbocycles. The number of rotatable bonds is 3. The predicted molar refractivity (Wildman–Crippen MR) is 81.0 cm³/mol. The Morgan fingerprint density at radius 2 is 1.74 bits per heavy atom. The molecule has 0 radical (unpaired) electrons. The van der Waals surface area contributed by atoms with Crippen LogP contribution in [-0.2, 0) is 4.79 Å². The van der Waals surface area contributed by atoms with Gasteiger partial charge in [0.1, 0.15) is 11.4 Å². The largest absolute Gasteiger partial charge is 0.320 e. The number of benzene rings is 2. The molecule has 1 aliphatic rings. The van der Waals surface area contributed by atoms with Crippen LogP contribution in [0.25, 0.3) is 0 Å². The second kappa shape index (κ2) is 5.30. The monoisotopic (exact) mass is 312 g/mol. The molecule has 0 aromatic heterocycles. The Labute approximate surface area is 128 Å². The van der Waals surface area contributed by atoms with Crippen molar-refractivity contribution in [2.75, 3.05) is 5.32 Å². The van der Waals surface area contributed by atoms with Gasteiger partial charge in [0.25, 0.3) is 17.3 Å². The van der Waals surface area contributed by atoms with Crippen LogP contribution in [0, 0.1) is 20.2 Å². The zero-order valence-electron chi connectivity index (χ0n) is 11.4. The van der Waals surface area contributed by atoms with E-state index in [9.17, 15) is 25.0 Å². The Bertz CT molecular complexity index is 890. The lowest BCUT2D eigenvalue weighted by Crippen LogP contribution is -2.14. The van der Waals surface area contributed by atoms with Crippen molar-refractivity contribution in [3.05, 3.63) is 68.3 Å². The van der Waals surface area contributed by atoms with E-state index in [1.807, 2.05) is 0 Å². The Morgan fingerprint density at radius 1 is 1.00 bits per heavy atom. The van der Waals surface area contributed by atoms with Gasteiger partial charge in [-0.05, 0) is 12.1 Å². The zero-order chi connectivity index (χ0) is 16.6. The summed E-state index contributed by atoms with van der Waals surface area (Å²) in [5.74, 6) is -0.571. The van der Waals surface area contributed by atoms with Gasteiger partial charge in [-0.25, -0.2) is 4.99 Å². The van der Waals surface area contributed by atoms with E-state index in [1.54, 1.807) is 6.07 Å². The predicted octanol–water partition coefficient (Wildman–Crippen LogP) is 2.58. The van der Waals surface area contributed by atoms with E-state index in [0.29, 0.717) is 5.69 Å². The lowest BCUT2D eigenvalue weighted by atomic mass is 10.1. The Morgan fingerprint density at radius 3 is 2.43 bits per heavy atom. The van der Waals surface area contributed by atoms with Gasteiger partial charge in [0.05, 0.1) is 15.5 Å². The molecule has 3 rings (SSSR count). The number of amides is 1. The summed E-state index contributed by atoms with van der Waals surface area (Å²) in [6.45, 7) is 0. The fraction of sp³-hybridized carbons (Fsp3) is 0. The van der Waals surface area contributed by atoms with Gasteiger partial charge in [-0.15, -0.1) is 0 Å². The van der Waals surface area contributed by atoms with Crippen molar-refractivity contribution in [2.24, 2.45) is 4.99 Å². The van der Waals surface area contributed by atoms with Gasteiger partial charge in [0.2, 0.25) is 0 Å². The second-order valence-electron chi connectivity index (χ2n) is 4.65. The summed E-state index contributed by atoms with van der Waals surface area (Å²) in [5.41, 5.74) is 0.0579. The summed E-state index contributed by atoms with van der Waals surface area (Å²) in [5, 5.41) is 24.4. The molecule has 2 aromatic rings. The summed E-state index contributed by atoms with van der Waals surface area (Å²) in [7, 11) is 0. The number of fused-ring (bicyclic) bond motifs is 1. The number of anilines is 1. The number of nitrogens with zero attached hydrogens (tertiary/aromatic N) is 3. The molecule has 0 bridgehead atoms. The van der Waals surface area contributed by atoms with E-state index in [2.05, 4.69) is 10.3 Å². The molecule has 1 heterocycles. The van der Waals surface area contributed by atoms with Gasteiger partial charge >= 0.3 is 0 Å². The summed E-state index contributed by atoms with van der Waals surface area (Å²) >= 11 is 0. The van der Waals surface area contributed by atoms with Crippen LogP contribution >= 0.6 is 0 Å². The first-order chi connectivity index (χ1) is 11.0. The molecule has 9 nitrogen and oxygen atoms in total. The minimum absolute atomic E-state index is 0.00186. The maximum Gasteiger partial charge on any atom is 0.294 e. The van der Waals surface area contributed by atoms with Gasteiger partial charge < -0.3 is 5.32 Å². The van der Waals surface area contributed by atoms with E-state index in [0.717, 1.165) is 0 Å². The fourth-order valence-corrected chi connectivity index (χ4v) is 2.20. The number of aliphatic imine (C=N–C) groups is 1. The van der Waals surface area contributed by atoms with E-state index in [-0.39, 0.29) is 28.3 Å². The van der Waals surface area contributed by atoms with Crippen molar-refractivity contribution in [1.29, 1.82) is 0 Å². The highest BCUT2D eigenvalue weighted by molar-refractivity contribution is 6.54. The van der Waals surface area contributed by atoms with E-state index < -0.39 is 15.8 Å². The van der Waals surface area contributed by atoms with Crippen LogP contribution in [0.3, 0.4) is 0 Å². The molecule has 0 spiro atoms. The van der Waals surface area contributed by atoms with Crippen molar-refractivity contribution in [3.63, 3.8) is 0 Å².